The van der Waals surface area contributed by atoms with Crippen molar-refractivity contribution in [2.45, 2.75) is 19.6 Å². The highest BCUT2D eigenvalue weighted by Gasteiger charge is 2.19. The van der Waals surface area contributed by atoms with Crippen LogP contribution in [0.1, 0.15) is 10.4 Å². The van der Waals surface area contributed by atoms with Gasteiger partial charge in [-0.1, -0.05) is 12.1 Å². The van der Waals surface area contributed by atoms with Gasteiger partial charge in [-0.05, 0) is 36.1 Å². The number of hydrogen-bond acceptors (Lipinski definition) is 4. The van der Waals surface area contributed by atoms with Crippen molar-refractivity contribution < 1.29 is 9.47 Å². The maximum Gasteiger partial charge on any atom is 0.161 e. The first kappa shape index (κ1) is 12.5. The summed E-state index contributed by atoms with van der Waals surface area (Å²) < 4.78 is 11.6. The fraction of sp³-hybridized carbons (Fsp3) is 0.333. The maximum atomic E-state index is 5.90. The van der Waals surface area contributed by atoms with Crippen LogP contribution >= 0.6 is 11.3 Å². The zero-order valence-corrected chi connectivity index (χ0v) is 11.7. The number of hydrogen-bond donors (Lipinski definition) is 1. The molecule has 1 atom stereocenters. The highest BCUT2D eigenvalue weighted by Crippen LogP contribution is 2.30. The molecule has 0 radical (unpaired) electrons. The van der Waals surface area contributed by atoms with Crippen molar-refractivity contribution in [2.24, 2.45) is 0 Å². The lowest BCUT2D eigenvalue weighted by Gasteiger charge is -2.26. The van der Waals surface area contributed by atoms with Gasteiger partial charge in [-0.15, -0.1) is 11.3 Å². The molecule has 0 saturated heterocycles. The van der Waals surface area contributed by atoms with Crippen LogP contribution in [-0.2, 0) is 6.54 Å². The van der Waals surface area contributed by atoms with Gasteiger partial charge < -0.3 is 14.8 Å². The summed E-state index contributed by atoms with van der Waals surface area (Å²) in [4.78, 5) is 1.39. The SMILES string of the molecule is Cc1ccsc1CNC[C@@H]1COc2ccccc2O1. The Morgan fingerprint density at radius 3 is 2.89 bits per heavy atom. The first-order chi connectivity index (χ1) is 9.33. The van der Waals surface area contributed by atoms with E-state index in [0.717, 1.165) is 24.6 Å². The summed E-state index contributed by atoms with van der Waals surface area (Å²) >= 11 is 1.79. The predicted octanol–water partition coefficient (Wildman–Crippen LogP) is 2.99. The van der Waals surface area contributed by atoms with Crippen molar-refractivity contribution >= 4 is 11.3 Å². The van der Waals surface area contributed by atoms with E-state index in [1.807, 2.05) is 24.3 Å². The standard InChI is InChI=1S/C15H17NO2S/c1-11-6-7-19-15(11)9-16-8-12-10-17-13-4-2-3-5-14(13)18-12/h2-7,12,16H,8-10H2,1H3/t12-/m1/s1. The summed E-state index contributed by atoms with van der Waals surface area (Å²) in [5.41, 5.74) is 1.35. The molecule has 2 heterocycles. The number of fused-ring (bicyclic) bond motifs is 1. The molecule has 0 unspecified atom stereocenters. The number of para-hydroxylation sites is 2. The fourth-order valence-electron chi connectivity index (χ4n) is 2.10. The van der Waals surface area contributed by atoms with Crippen molar-refractivity contribution in [3.8, 4) is 11.5 Å². The Balaban J connectivity index is 1.51. The molecule has 3 rings (SSSR count). The highest BCUT2D eigenvalue weighted by molar-refractivity contribution is 7.10. The van der Waals surface area contributed by atoms with E-state index in [4.69, 9.17) is 9.47 Å². The lowest BCUT2D eigenvalue weighted by atomic mass is 10.2. The number of benzene rings is 1. The van der Waals surface area contributed by atoms with Crippen LogP contribution in [0.3, 0.4) is 0 Å². The molecule has 1 aromatic heterocycles. The average Bonchev–Trinajstić information content (AvgIpc) is 2.84. The van der Waals surface area contributed by atoms with Crippen LogP contribution in [0.15, 0.2) is 35.7 Å². The minimum atomic E-state index is 0.0789. The smallest absolute Gasteiger partial charge is 0.161 e. The molecule has 1 aliphatic rings. The topological polar surface area (TPSA) is 30.5 Å². The number of rotatable bonds is 4. The third-order valence-corrected chi connectivity index (χ3v) is 4.22. The number of aryl methyl sites for hydroxylation is 1. The van der Waals surface area contributed by atoms with Gasteiger partial charge in [0, 0.05) is 18.0 Å². The highest BCUT2D eigenvalue weighted by atomic mass is 32.1. The van der Waals surface area contributed by atoms with Gasteiger partial charge in [-0.3, -0.25) is 0 Å². The fourth-order valence-corrected chi connectivity index (χ4v) is 2.97. The molecule has 4 heteroatoms. The zero-order valence-electron chi connectivity index (χ0n) is 10.9. The van der Waals surface area contributed by atoms with Gasteiger partial charge in [0.25, 0.3) is 0 Å². The van der Waals surface area contributed by atoms with Crippen LogP contribution in [-0.4, -0.2) is 19.3 Å². The van der Waals surface area contributed by atoms with Crippen LogP contribution < -0.4 is 14.8 Å². The molecule has 0 fully saturated rings. The van der Waals surface area contributed by atoms with E-state index in [2.05, 4.69) is 23.7 Å². The van der Waals surface area contributed by atoms with Gasteiger partial charge in [0.05, 0.1) is 0 Å². The number of thiophene rings is 1. The quantitative estimate of drug-likeness (QED) is 0.930. The summed E-state index contributed by atoms with van der Waals surface area (Å²) in [5.74, 6) is 1.68. The first-order valence-corrected chi connectivity index (χ1v) is 7.33. The Bertz CT molecular complexity index is 553. The molecule has 100 valence electrons. The molecular weight excluding hydrogens is 258 g/mol. The second kappa shape index (κ2) is 5.63. The molecule has 0 amide bonds. The monoisotopic (exact) mass is 275 g/mol. The molecule has 2 aromatic rings. The minimum Gasteiger partial charge on any atom is -0.486 e. The van der Waals surface area contributed by atoms with Crippen molar-refractivity contribution in [1.82, 2.24) is 5.32 Å². The average molecular weight is 275 g/mol. The molecule has 1 N–H and O–H groups in total. The molecule has 3 nitrogen and oxygen atoms in total. The van der Waals surface area contributed by atoms with E-state index in [-0.39, 0.29) is 6.10 Å². The van der Waals surface area contributed by atoms with E-state index < -0.39 is 0 Å². The summed E-state index contributed by atoms with van der Waals surface area (Å²) in [5, 5.41) is 5.56. The summed E-state index contributed by atoms with van der Waals surface area (Å²) in [7, 11) is 0. The Morgan fingerprint density at radius 2 is 2.11 bits per heavy atom. The largest absolute Gasteiger partial charge is 0.486 e. The van der Waals surface area contributed by atoms with E-state index >= 15 is 0 Å². The summed E-state index contributed by atoms with van der Waals surface area (Å²) in [6.07, 6.45) is 0.0789. The Morgan fingerprint density at radius 1 is 1.26 bits per heavy atom. The van der Waals surface area contributed by atoms with Gasteiger partial charge >= 0.3 is 0 Å². The molecule has 1 aromatic carbocycles. The van der Waals surface area contributed by atoms with Crippen molar-refractivity contribution in [3.05, 3.63) is 46.2 Å². The van der Waals surface area contributed by atoms with Gasteiger partial charge in [-0.2, -0.15) is 0 Å². The van der Waals surface area contributed by atoms with E-state index in [1.54, 1.807) is 11.3 Å². The number of ether oxygens (including phenoxy) is 2. The number of nitrogens with one attached hydrogen (secondary N) is 1. The second-order valence-electron chi connectivity index (χ2n) is 4.66. The lowest BCUT2D eigenvalue weighted by molar-refractivity contribution is 0.0902. The molecular formula is C15H17NO2S. The van der Waals surface area contributed by atoms with Crippen LogP contribution in [0, 0.1) is 6.92 Å². The van der Waals surface area contributed by atoms with E-state index in [0.29, 0.717) is 6.61 Å². The predicted molar refractivity (Wildman–Crippen MR) is 77.1 cm³/mol. The van der Waals surface area contributed by atoms with E-state index in [9.17, 15) is 0 Å². The normalized spacial score (nSPS) is 17.4. The van der Waals surface area contributed by atoms with Crippen molar-refractivity contribution in [1.29, 1.82) is 0 Å². The second-order valence-corrected chi connectivity index (χ2v) is 5.66. The third-order valence-electron chi connectivity index (χ3n) is 3.19. The molecule has 19 heavy (non-hydrogen) atoms. The molecule has 0 bridgehead atoms. The first-order valence-electron chi connectivity index (χ1n) is 6.45. The van der Waals surface area contributed by atoms with Crippen molar-refractivity contribution in [2.75, 3.05) is 13.2 Å². The molecule has 0 aliphatic carbocycles. The Hall–Kier alpha value is -1.52. The molecule has 1 aliphatic heterocycles. The zero-order chi connectivity index (χ0) is 13.1. The van der Waals surface area contributed by atoms with Gasteiger partial charge in [0.15, 0.2) is 11.5 Å². The molecule has 0 spiro atoms. The van der Waals surface area contributed by atoms with Gasteiger partial charge in [0.2, 0.25) is 0 Å². The van der Waals surface area contributed by atoms with Crippen molar-refractivity contribution in [3.63, 3.8) is 0 Å². The van der Waals surface area contributed by atoms with Gasteiger partial charge in [0.1, 0.15) is 12.7 Å². The third kappa shape index (κ3) is 2.91. The molecule has 0 saturated carbocycles. The van der Waals surface area contributed by atoms with E-state index in [1.165, 1.54) is 10.4 Å². The van der Waals surface area contributed by atoms with Gasteiger partial charge in [-0.25, -0.2) is 0 Å². The Kier molecular flexibility index (Phi) is 3.71. The lowest BCUT2D eigenvalue weighted by Crippen LogP contribution is -2.38. The van der Waals surface area contributed by atoms with Crippen LogP contribution in [0.5, 0.6) is 11.5 Å². The summed E-state index contributed by atoms with van der Waals surface area (Å²) in [6, 6.07) is 9.96. The summed E-state index contributed by atoms with van der Waals surface area (Å²) in [6.45, 7) is 4.44. The minimum absolute atomic E-state index is 0.0789. The van der Waals surface area contributed by atoms with Crippen LogP contribution in [0.4, 0.5) is 0 Å². The van der Waals surface area contributed by atoms with Crippen LogP contribution in [0.25, 0.3) is 0 Å². The van der Waals surface area contributed by atoms with Crippen LogP contribution in [0.2, 0.25) is 0 Å². The Labute approximate surface area is 117 Å². The maximum absolute atomic E-state index is 5.90.